The minimum atomic E-state index is -1.59. The van der Waals surface area contributed by atoms with E-state index in [0.29, 0.717) is 5.56 Å². The van der Waals surface area contributed by atoms with E-state index in [0.717, 1.165) is 0 Å². The predicted molar refractivity (Wildman–Crippen MR) is 139 cm³/mol. The van der Waals surface area contributed by atoms with Crippen molar-refractivity contribution in [2.45, 2.75) is 30.7 Å². The number of carbonyl (C=O) groups excluding carboxylic acids is 3. The average Bonchev–Trinajstić information content (AvgIpc) is 2.99. The summed E-state index contributed by atoms with van der Waals surface area (Å²) in [6, 6.07) is 24.6. The average molecular weight is 533 g/mol. The Bertz CT molecular complexity index is 1250. The number of hydrogen-bond acceptors (Lipinski definition) is 9. The highest BCUT2D eigenvalue weighted by atomic mass is 16.7. The quantitative estimate of drug-likeness (QED) is 0.237. The molecule has 5 atom stereocenters. The molecule has 1 saturated heterocycles. The van der Waals surface area contributed by atoms with Crippen LogP contribution >= 0.6 is 0 Å². The van der Waals surface area contributed by atoms with Crippen LogP contribution in [0.4, 0.5) is 0 Å². The van der Waals surface area contributed by atoms with Gasteiger partial charge in [0.2, 0.25) is 0 Å². The Morgan fingerprint density at radius 2 is 1.21 bits per heavy atom. The van der Waals surface area contributed by atoms with Crippen LogP contribution in [0.25, 0.3) is 0 Å². The van der Waals surface area contributed by atoms with Gasteiger partial charge in [0.1, 0.15) is 18.8 Å². The number of rotatable bonds is 10. The van der Waals surface area contributed by atoms with Crippen molar-refractivity contribution in [2.24, 2.45) is 0 Å². The van der Waals surface area contributed by atoms with Crippen molar-refractivity contribution in [1.29, 1.82) is 0 Å². The molecule has 3 aromatic carbocycles. The maximum atomic E-state index is 12.9. The lowest BCUT2D eigenvalue weighted by atomic mass is 9.98. The van der Waals surface area contributed by atoms with Gasteiger partial charge in [0, 0.05) is 0 Å². The second kappa shape index (κ2) is 13.5. The van der Waals surface area contributed by atoms with E-state index >= 15 is 0 Å². The first kappa shape index (κ1) is 27.7. The molecule has 0 amide bonds. The minimum Gasteiger partial charge on any atom is -0.459 e. The molecule has 1 aliphatic rings. The number of benzene rings is 3. The number of esters is 3. The number of aliphatic hydroxyl groups excluding tert-OH is 1. The molecular formula is C30H28O9. The van der Waals surface area contributed by atoms with Crippen molar-refractivity contribution < 1.29 is 43.2 Å². The minimum absolute atomic E-state index is 0.00175. The first-order chi connectivity index (χ1) is 19.0. The zero-order chi connectivity index (χ0) is 27.6. The van der Waals surface area contributed by atoms with E-state index in [2.05, 4.69) is 6.58 Å². The third-order valence-electron chi connectivity index (χ3n) is 5.89. The molecule has 0 bridgehead atoms. The zero-order valence-electron chi connectivity index (χ0n) is 21.0. The van der Waals surface area contributed by atoms with Crippen LogP contribution in [0, 0.1) is 0 Å². The normalized spacial score (nSPS) is 22.3. The SMILES string of the molecule is C=CCO[C@H]1O[C@H](COC(=O)c2ccccc2)[C@H](OC(=O)c2ccccc2)[C@H](O)[C@H]1OC(=O)c1ccccc1. The highest BCUT2D eigenvalue weighted by Crippen LogP contribution is 2.29. The summed E-state index contributed by atoms with van der Waals surface area (Å²) in [6.45, 7) is 3.23. The van der Waals surface area contributed by atoms with Gasteiger partial charge in [0.25, 0.3) is 0 Å². The molecule has 0 saturated carbocycles. The molecule has 4 rings (SSSR count). The topological polar surface area (TPSA) is 118 Å². The van der Waals surface area contributed by atoms with Crippen molar-refractivity contribution in [3.63, 3.8) is 0 Å². The summed E-state index contributed by atoms with van der Waals surface area (Å²) in [6.07, 6.45) is -5.32. The van der Waals surface area contributed by atoms with Crippen LogP contribution in [0.1, 0.15) is 31.1 Å². The summed E-state index contributed by atoms with van der Waals surface area (Å²) in [5.74, 6) is -2.12. The van der Waals surface area contributed by atoms with E-state index in [9.17, 15) is 19.5 Å². The molecule has 1 aliphatic heterocycles. The molecule has 39 heavy (non-hydrogen) atoms. The van der Waals surface area contributed by atoms with E-state index in [1.54, 1.807) is 91.0 Å². The van der Waals surface area contributed by atoms with Gasteiger partial charge in [-0.15, -0.1) is 6.58 Å². The zero-order valence-corrected chi connectivity index (χ0v) is 21.0. The molecule has 202 valence electrons. The van der Waals surface area contributed by atoms with Crippen molar-refractivity contribution in [1.82, 2.24) is 0 Å². The molecule has 9 nitrogen and oxygen atoms in total. The van der Waals surface area contributed by atoms with E-state index in [4.69, 9.17) is 23.7 Å². The highest BCUT2D eigenvalue weighted by molar-refractivity contribution is 5.90. The van der Waals surface area contributed by atoms with Gasteiger partial charge >= 0.3 is 17.9 Å². The Balaban J connectivity index is 1.58. The summed E-state index contributed by atoms with van der Waals surface area (Å²) in [5.41, 5.74) is 0.775. The fraction of sp³-hybridized carbons (Fsp3) is 0.233. The molecular weight excluding hydrogens is 504 g/mol. The molecule has 1 fully saturated rings. The third kappa shape index (κ3) is 7.17. The van der Waals surface area contributed by atoms with E-state index in [1.807, 2.05) is 0 Å². The Labute approximate surface area is 225 Å². The van der Waals surface area contributed by atoms with Gasteiger partial charge in [-0.3, -0.25) is 0 Å². The largest absolute Gasteiger partial charge is 0.459 e. The van der Waals surface area contributed by atoms with Crippen LogP contribution < -0.4 is 0 Å². The number of hydrogen-bond donors (Lipinski definition) is 1. The molecule has 0 aromatic heterocycles. The number of ether oxygens (including phenoxy) is 5. The summed E-state index contributed by atoms with van der Waals surface area (Å²) < 4.78 is 28.3. The van der Waals surface area contributed by atoms with Gasteiger partial charge in [0.05, 0.1) is 23.3 Å². The van der Waals surface area contributed by atoms with Gasteiger partial charge in [0.15, 0.2) is 18.5 Å². The van der Waals surface area contributed by atoms with E-state index in [1.165, 1.54) is 6.08 Å². The summed E-state index contributed by atoms with van der Waals surface area (Å²) in [4.78, 5) is 38.3. The molecule has 9 heteroatoms. The lowest BCUT2D eigenvalue weighted by Gasteiger charge is -2.42. The Kier molecular flexibility index (Phi) is 9.58. The molecule has 0 aliphatic carbocycles. The van der Waals surface area contributed by atoms with Crippen molar-refractivity contribution in [3.8, 4) is 0 Å². The van der Waals surface area contributed by atoms with Crippen molar-refractivity contribution in [2.75, 3.05) is 13.2 Å². The van der Waals surface area contributed by atoms with Crippen LogP contribution in [0.3, 0.4) is 0 Å². The predicted octanol–water partition coefficient (Wildman–Crippen LogP) is 3.58. The summed E-state index contributed by atoms with van der Waals surface area (Å²) in [7, 11) is 0. The molecule has 1 N–H and O–H groups in total. The first-order valence-electron chi connectivity index (χ1n) is 12.3. The molecule has 0 unspecified atom stereocenters. The Hall–Kier alpha value is -4.31. The summed E-state index contributed by atoms with van der Waals surface area (Å²) in [5, 5.41) is 11.4. The second-order valence-electron chi connectivity index (χ2n) is 8.59. The van der Waals surface area contributed by atoms with Gasteiger partial charge in [-0.2, -0.15) is 0 Å². The maximum Gasteiger partial charge on any atom is 0.338 e. The molecule has 3 aromatic rings. The van der Waals surface area contributed by atoms with E-state index in [-0.39, 0.29) is 24.3 Å². The lowest BCUT2D eigenvalue weighted by molar-refractivity contribution is -0.296. The fourth-order valence-electron chi connectivity index (χ4n) is 3.94. The van der Waals surface area contributed by atoms with Crippen LogP contribution in [0.15, 0.2) is 104 Å². The maximum absolute atomic E-state index is 12.9. The smallest absolute Gasteiger partial charge is 0.338 e. The monoisotopic (exact) mass is 532 g/mol. The number of aliphatic hydroxyl groups is 1. The van der Waals surface area contributed by atoms with Crippen molar-refractivity contribution in [3.05, 3.63) is 120 Å². The van der Waals surface area contributed by atoms with Gasteiger partial charge in [-0.1, -0.05) is 60.7 Å². The van der Waals surface area contributed by atoms with Crippen LogP contribution in [0.2, 0.25) is 0 Å². The Morgan fingerprint density at radius 3 is 1.69 bits per heavy atom. The standard InChI is InChI=1S/C30H28O9/c1-2-18-35-30-26(39-29(34)22-16-10-5-11-17-22)24(31)25(38-28(33)21-14-8-4-9-15-21)23(37-30)19-36-27(32)20-12-6-3-7-13-20/h2-17,23-26,30-31H,1,18-19H2/t23-,24+,25+,26-,30+/m1/s1. The van der Waals surface area contributed by atoms with Crippen LogP contribution in [-0.2, 0) is 23.7 Å². The summed E-state index contributed by atoms with van der Waals surface area (Å²) >= 11 is 0. The fourth-order valence-corrected chi connectivity index (χ4v) is 3.94. The van der Waals surface area contributed by atoms with Crippen LogP contribution in [-0.4, -0.2) is 66.9 Å². The highest BCUT2D eigenvalue weighted by Gasteiger charge is 2.50. The van der Waals surface area contributed by atoms with Crippen LogP contribution in [0.5, 0.6) is 0 Å². The van der Waals surface area contributed by atoms with Gasteiger partial charge in [-0.05, 0) is 36.4 Å². The van der Waals surface area contributed by atoms with Crippen molar-refractivity contribution >= 4 is 17.9 Å². The molecule has 1 heterocycles. The molecule has 0 radical (unpaired) electrons. The number of carbonyl (C=O) groups is 3. The molecule has 0 spiro atoms. The lowest BCUT2D eigenvalue weighted by Crippen LogP contribution is -2.62. The first-order valence-corrected chi connectivity index (χ1v) is 12.3. The second-order valence-corrected chi connectivity index (χ2v) is 8.59. The third-order valence-corrected chi connectivity index (χ3v) is 5.89. The Morgan fingerprint density at radius 1 is 0.744 bits per heavy atom. The van der Waals surface area contributed by atoms with Gasteiger partial charge in [-0.25, -0.2) is 14.4 Å². The van der Waals surface area contributed by atoms with Gasteiger partial charge < -0.3 is 28.8 Å². The van der Waals surface area contributed by atoms with E-state index < -0.39 is 48.6 Å².